The Labute approximate surface area is 99.3 Å². The summed E-state index contributed by atoms with van der Waals surface area (Å²) in [5.74, 6) is 0.940. The first-order valence-corrected chi connectivity index (χ1v) is 6.16. The van der Waals surface area contributed by atoms with Crippen molar-refractivity contribution in [3.63, 3.8) is 0 Å². The average molecular weight is 267 g/mol. The topological polar surface area (TPSA) is 9.23 Å². The molecule has 0 aliphatic heterocycles. The fraction of sp³-hybridized carbons (Fsp3) is 0.385. The summed E-state index contributed by atoms with van der Waals surface area (Å²) in [6.45, 7) is 4.22. The molecule has 80 valence electrons. The highest BCUT2D eigenvalue weighted by atomic mass is 79.9. The van der Waals surface area contributed by atoms with Crippen LogP contribution in [0, 0.1) is 0 Å². The van der Waals surface area contributed by atoms with E-state index >= 15 is 0 Å². The van der Waals surface area contributed by atoms with Crippen LogP contribution in [0.5, 0.6) is 5.75 Å². The van der Waals surface area contributed by atoms with Crippen molar-refractivity contribution in [3.8, 4) is 5.75 Å². The Kier molecular flexibility index (Phi) is 3.47. The largest absolute Gasteiger partial charge is 0.488 e. The average Bonchev–Trinajstić information content (AvgIpc) is 2.29. The summed E-state index contributed by atoms with van der Waals surface area (Å²) in [6, 6.07) is 4.25. The van der Waals surface area contributed by atoms with E-state index in [4.69, 9.17) is 4.74 Å². The third-order valence-corrected chi connectivity index (χ3v) is 3.65. The van der Waals surface area contributed by atoms with Crippen LogP contribution in [0.15, 0.2) is 29.3 Å². The molecule has 1 nitrogen and oxygen atoms in total. The maximum atomic E-state index is 5.59. The van der Waals surface area contributed by atoms with Gasteiger partial charge in [0.15, 0.2) is 0 Å². The van der Waals surface area contributed by atoms with Crippen molar-refractivity contribution >= 4 is 15.9 Å². The zero-order valence-electron chi connectivity index (χ0n) is 8.76. The number of rotatable bonds is 3. The van der Waals surface area contributed by atoms with Gasteiger partial charge in [0.1, 0.15) is 12.4 Å². The smallest absolute Gasteiger partial charge is 0.134 e. The molecule has 15 heavy (non-hydrogen) atoms. The van der Waals surface area contributed by atoms with E-state index in [9.17, 15) is 0 Å². The molecule has 0 N–H and O–H groups in total. The molecule has 0 radical (unpaired) electrons. The van der Waals surface area contributed by atoms with Gasteiger partial charge in [-0.3, -0.25) is 0 Å². The van der Waals surface area contributed by atoms with Crippen LogP contribution in [-0.4, -0.2) is 6.61 Å². The van der Waals surface area contributed by atoms with Crippen molar-refractivity contribution in [1.29, 1.82) is 0 Å². The molecule has 1 aromatic carbocycles. The summed E-state index contributed by atoms with van der Waals surface area (Å²) in [5, 5.41) is 0. The Bertz CT molecular complexity index is 371. The Balaban J connectivity index is 2.30. The molecule has 0 spiro atoms. The molecule has 0 unspecified atom stereocenters. The molecule has 0 aromatic heterocycles. The molecular weight excluding hydrogens is 252 g/mol. The first-order valence-electron chi connectivity index (χ1n) is 5.37. The van der Waals surface area contributed by atoms with Crippen molar-refractivity contribution in [2.75, 3.05) is 6.61 Å². The summed E-state index contributed by atoms with van der Waals surface area (Å²) in [7, 11) is 0. The Morgan fingerprint density at radius 2 is 2.13 bits per heavy atom. The fourth-order valence-electron chi connectivity index (χ4n) is 2.02. The molecule has 0 fully saturated rings. The lowest BCUT2D eigenvalue weighted by Crippen LogP contribution is -2.05. The maximum absolute atomic E-state index is 5.59. The third-order valence-electron chi connectivity index (χ3n) is 2.78. The number of fused-ring (bicyclic) bond motifs is 1. The first-order chi connectivity index (χ1) is 7.33. The van der Waals surface area contributed by atoms with Gasteiger partial charge in [-0.2, -0.15) is 0 Å². The van der Waals surface area contributed by atoms with E-state index in [-0.39, 0.29) is 0 Å². The normalized spacial score (nSPS) is 14.5. The Hall–Kier alpha value is -0.760. The van der Waals surface area contributed by atoms with Crippen molar-refractivity contribution in [3.05, 3.63) is 40.4 Å². The van der Waals surface area contributed by atoms with Crippen LogP contribution in [-0.2, 0) is 12.8 Å². The van der Waals surface area contributed by atoms with E-state index in [2.05, 4.69) is 34.6 Å². The SMILES string of the molecule is C=CCOc1ccc2c(c1Br)CCCC2. The summed E-state index contributed by atoms with van der Waals surface area (Å²) in [5.41, 5.74) is 2.90. The monoisotopic (exact) mass is 266 g/mol. The van der Waals surface area contributed by atoms with Gasteiger partial charge in [0.05, 0.1) is 4.47 Å². The molecule has 0 saturated heterocycles. The van der Waals surface area contributed by atoms with Crippen LogP contribution in [0.25, 0.3) is 0 Å². The minimum Gasteiger partial charge on any atom is -0.488 e. The molecule has 1 aromatic rings. The van der Waals surface area contributed by atoms with Gasteiger partial charge in [0, 0.05) is 0 Å². The van der Waals surface area contributed by atoms with Gasteiger partial charge < -0.3 is 4.74 Å². The quantitative estimate of drug-likeness (QED) is 0.755. The summed E-state index contributed by atoms with van der Waals surface area (Å²) in [4.78, 5) is 0. The number of hydrogen-bond donors (Lipinski definition) is 0. The zero-order valence-corrected chi connectivity index (χ0v) is 10.3. The second kappa shape index (κ2) is 4.84. The van der Waals surface area contributed by atoms with E-state index < -0.39 is 0 Å². The van der Waals surface area contributed by atoms with Crippen LogP contribution < -0.4 is 4.74 Å². The maximum Gasteiger partial charge on any atom is 0.134 e. The molecule has 2 rings (SSSR count). The van der Waals surface area contributed by atoms with Gasteiger partial charge in [0.25, 0.3) is 0 Å². The van der Waals surface area contributed by atoms with Crippen LogP contribution >= 0.6 is 15.9 Å². The molecule has 0 heterocycles. The van der Waals surface area contributed by atoms with E-state index in [1.165, 1.54) is 36.8 Å². The summed E-state index contributed by atoms with van der Waals surface area (Å²) < 4.78 is 6.73. The van der Waals surface area contributed by atoms with E-state index in [0.29, 0.717) is 6.61 Å². The highest BCUT2D eigenvalue weighted by Gasteiger charge is 2.15. The minimum atomic E-state index is 0.567. The molecule has 1 aliphatic rings. The van der Waals surface area contributed by atoms with Crippen LogP contribution in [0.4, 0.5) is 0 Å². The number of halogens is 1. The van der Waals surface area contributed by atoms with Gasteiger partial charge >= 0.3 is 0 Å². The van der Waals surface area contributed by atoms with Crippen LogP contribution in [0.1, 0.15) is 24.0 Å². The summed E-state index contributed by atoms with van der Waals surface area (Å²) >= 11 is 3.64. The van der Waals surface area contributed by atoms with Crippen LogP contribution in [0.2, 0.25) is 0 Å². The lowest BCUT2D eigenvalue weighted by molar-refractivity contribution is 0.360. The third kappa shape index (κ3) is 2.25. The van der Waals surface area contributed by atoms with Gasteiger partial charge in [-0.05, 0) is 58.8 Å². The highest BCUT2D eigenvalue weighted by molar-refractivity contribution is 9.10. The summed E-state index contributed by atoms with van der Waals surface area (Å²) in [6.07, 6.45) is 6.74. The van der Waals surface area contributed by atoms with Crippen molar-refractivity contribution in [1.82, 2.24) is 0 Å². The van der Waals surface area contributed by atoms with Crippen molar-refractivity contribution < 1.29 is 4.74 Å². The number of benzene rings is 1. The number of hydrogen-bond acceptors (Lipinski definition) is 1. The second-order valence-corrected chi connectivity index (χ2v) is 4.62. The highest BCUT2D eigenvalue weighted by Crippen LogP contribution is 2.35. The predicted octanol–water partition coefficient (Wildman–Crippen LogP) is 3.89. The molecule has 0 bridgehead atoms. The zero-order chi connectivity index (χ0) is 10.7. The lowest BCUT2D eigenvalue weighted by atomic mass is 9.92. The van der Waals surface area contributed by atoms with Crippen molar-refractivity contribution in [2.24, 2.45) is 0 Å². The first kappa shape index (κ1) is 10.7. The lowest BCUT2D eigenvalue weighted by Gasteiger charge is -2.19. The molecule has 0 amide bonds. The number of aryl methyl sites for hydroxylation is 1. The number of ether oxygens (including phenoxy) is 1. The fourth-order valence-corrected chi connectivity index (χ4v) is 2.72. The minimum absolute atomic E-state index is 0.567. The van der Waals surface area contributed by atoms with Gasteiger partial charge in [-0.15, -0.1) is 0 Å². The van der Waals surface area contributed by atoms with Gasteiger partial charge in [-0.1, -0.05) is 18.7 Å². The molecule has 1 aliphatic carbocycles. The van der Waals surface area contributed by atoms with E-state index in [1.807, 2.05) is 0 Å². The molecule has 2 heteroatoms. The van der Waals surface area contributed by atoms with E-state index in [0.717, 1.165) is 10.2 Å². The van der Waals surface area contributed by atoms with Gasteiger partial charge in [-0.25, -0.2) is 0 Å². The van der Waals surface area contributed by atoms with Crippen LogP contribution in [0.3, 0.4) is 0 Å². The predicted molar refractivity (Wildman–Crippen MR) is 66.5 cm³/mol. The van der Waals surface area contributed by atoms with E-state index in [1.54, 1.807) is 6.08 Å². The van der Waals surface area contributed by atoms with Crippen molar-refractivity contribution in [2.45, 2.75) is 25.7 Å². The molecule has 0 atom stereocenters. The molecule has 0 saturated carbocycles. The Morgan fingerprint density at radius 1 is 1.33 bits per heavy atom. The van der Waals surface area contributed by atoms with Gasteiger partial charge in [0.2, 0.25) is 0 Å². The molecular formula is C13H15BrO. The Morgan fingerprint density at radius 3 is 2.93 bits per heavy atom. The standard InChI is InChI=1S/C13H15BrO/c1-2-9-15-12-8-7-10-5-3-4-6-11(10)13(12)14/h2,7-8H,1,3-6,9H2. The second-order valence-electron chi connectivity index (χ2n) is 3.82.